The molecule has 0 aliphatic rings. The molecule has 96 valence electrons. The zero-order valence-corrected chi connectivity index (χ0v) is 11.0. The van der Waals surface area contributed by atoms with Crippen LogP contribution in [0.1, 0.15) is 16.8 Å². The highest BCUT2D eigenvalue weighted by molar-refractivity contribution is 5.81. The summed E-state index contributed by atoms with van der Waals surface area (Å²) in [5.41, 5.74) is 4.75. The van der Waals surface area contributed by atoms with Crippen molar-refractivity contribution in [1.29, 1.82) is 0 Å². The van der Waals surface area contributed by atoms with Crippen LogP contribution >= 0.6 is 0 Å². The van der Waals surface area contributed by atoms with Crippen LogP contribution in [0, 0.1) is 6.92 Å². The van der Waals surface area contributed by atoms with E-state index < -0.39 is 0 Å². The minimum absolute atomic E-state index is 0.103. The Balaban J connectivity index is 1.98. The number of para-hydroxylation sites is 1. The van der Waals surface area contributed by atoms with E-state index in [1.54, 1.807) is 0 Å². The van der Waals surface area contributed by atoms with Crippen molar-refractivity contribution in [2.75, 3.05) is 0 Å². The SMILES string of the molecule is Cc1cc2ccccc2n1Cc1ccc(CO)cc1. The van der Waals surface area contributed by atoms with E-state index in [0.29, 0.717) is 0 Å². The van der Waals surface area contributed by atoms with Crippen LogP contribution < -0.4 is 0 Å². The van der Waals surface area contributed by atoms with Crippen LogP contribution in [0.2, 0.25) is 0 Å². The molecule has 0 fully saturated rings. The number of aryl methyl sites for hydroxylation is 1. The van der Waals surface area contributed by atoms with Gasteiger partial charge in [-0.15, -0.1) is 0 Å². The molecular formula is C17H17NO. The molecule has 0 radical (unpaired) electrons. The predicted molar refractivity (Wildman–Crippen MR) is 78.1 cm³/mol. The first-order chi connectivity index (χ1) is 9.28. The third kappa shape index (κ3) is 2.27. The zero-order chi connectivity index (χ0) is 13.2. The molecule has 0 atom stereocenters. The number of aliphatic hydroxyl groups is 1. The zero-order valence-electron chi connectivity index (χ0n) is 11.0. The van der Waals surface area contributed by atoms with E-state index in [2.05, 4.69) is 54.0 Å². The fourth-order valence-electron chi connectivity index (χ4n) is 2.49. The number of hydrogen-bond donors (Lipinski definition) is 1. The molecule has 3 rings (SSSR count). The van der Waals surface area contributed by atoms with Crippen molar-refractivity contribution >= 4 is 10.9 Å². The third-order valence-corrected chi connectivity index (χ3v) is 3.56. The highest BCUT2D eigenvalue weighted by Crippen LogP contribution is 2.20. The average Bonchev–Trinajstić information content (AvgIpc) is 2.76. The third-order valence-electron chi connectivity index (χ3n) is 3.56. The van der Waals surface area contributed by atoms with Gasteiger partial charge < -0.3 is 9.67 Å². The quantitative estimate of drug-likeness (QED) is 0.757. The van der Waals surface area contributed by atoms with E-state index in [1.165, 1.54) is 22.2 Å². The van der Waals surface area contributed by atoms with Crippen molar-refractivity contribution < 1.29 is 5.11 Å². The summed E-state index contributed by atoms with van der Waals surface area (Å²) in [4.78, 5) is 0. The van der Waals surface area contributed by atoms with Crippen LogP contribution in [0.3, 0.4) is 0 Å². The number of aliphatic hydroxyl groups excluding tert-OH is 1. The Bertz CT molecular complexity index is 695. The number of hydrogen-bond acceptors (Lipinski definition) is 1. The lowest BCUT2D eigenvalue weighted by Crippen LogP contribution is -2.01. The summed E-state index contributed by atoms with van der Waals surface area (Å²) < 4.78 is 2.32. The fraction of sp³-hybridized carbons (Fsp3) is 0.176. The second-order valence-electron chi connectivity index (χ2n) is 4.91. The first-order valence-corrected chi connectivity index (χ1v) is 6.51. The highest BCUT2D eigenvalue weighted by atomic mass is 16.3. The van der Waals surface area contributed by atoms with Gasteiger partial charge in [0.15, 0.2) is 0 Å². The lowest BCUT2D eigenvalue weighted by Gasteiger charge is -2.09. The first-order valence-electron chi connectivity index (χ1n) is 6.51. The molecule has 0 aliphatic carbocycles. The van der Waals surface area contributed by atoms with Gasteiger partial charge in [-0.2, -0.15) is 0 Å². The molecule has 2 aromatic carbocycles. The molecule has 0 amide bonds. The first kappa shape index (κ1) is 12.0. The van der Waals surface area contributed by atoms with E-state index in [9.17, 15) is 0 Å². The summed E-state index contributed by atoms with van der Waals surface area (Å²) in [5, 5.41) is 10.3. The van der Waals surface area contributed by atoms with Gasteiger partial charge in [-0.3, -0.25) is 0 Å². The molecule has 0 aliphatic heterocycles. The topological polar surface area (TPSA) is 25.2 Å². The summed E-state index contributed by atoms with van der Waals surface area (Å²) in [6.07, 6.45) is 0. The fourth-order valence-corrected chi connectivity index (χ4v) is 2.49. The molecule has 19 heavy (non-hydrogen) atoms. The lowest BCUT2D eigenvalue weighted by atomic mass is 10.1. The van der Waals surface area contributed by atoms with Crippen molar-refractivity contribution in [3.63, 3.8) is 0 Å². The summed E-state index contributed by atoms with van der Waals surface area (Å²) in [6.45, 7) is 3.11. The van der Waals surface area contributed by atoms with Gasteiger partial charge in [-0.25, -0.2) is 0 Å². The monoisotopic (exact) mass is 251 g/mol. The molecule has 1 heterocycles. The largest absolute Gasteiger partial charge is 0.392 e. The van der Waals surface area contributed by atoms with Crippen molar-refractivity contribution in [3.05, 3.63) is 71.4 Å². The molecule has 2 nitrogen and oxygen atoms in total. The summed E-state index contributed by atoms with van der Waals surface area (Å²) >= 11 is 0. The van der Waals surface area contributed by atoms with Gasteiger partial charge in [-0.05, 0) is 35.6 Å². The molecule has 0 saturated heterocycles. The van der Waals surface area contributed by atoms with Crippen LogP contribution in [-0.4, -0.2) is 9.67 Å². The van der Waals surface area contributed by atoms with Crippen molar-refractivity contribution in [1.82, 2.24) is 4.57 Å². The minimum atomic E-state index is 0.103. The summed E-state index contributed by atoms with van der Waals surface area (Å²) in [6, 6.07) is 18.8. The number of nitrogens with zero attached hydrogens (tertiary/aromatic N) is 1. The van der Waals surface area contributed by atoms with Crippen molar-refractivity contribution in [2.45, 2.75) is 20.1 Å². The molecule has 2 heteroatoms. The van der Waals surface area contributed by atoms with Crippen molar-refractivity contribution in [3.8, 4) is 0 Å². The maximum absolute atomic E-state index is 9.07. The van der Waals surface area contributed by atoms with Crippen LogP contribution in [0.15, 0.2) is 54.6 Å². The number of rotatable bonds is 3. The number of fused-ring (bicyclic) bond motifs is 1. The van der Waals surface area contributed by atoms with E-state index >= 15 is 0 Å². The van der Waals surface area contributed by atoms with E-state index in [1.807, 2.05) is 12.1 Å². The second-order valence-corrected chi connectivity index (χ2v) is 4.91. The van der Waals surface area contributed by atoms with E-state index in [-0.39, 0.29) is 6.61 Å². The maximum Gasteiger partial charge on any atom is 0.0681 e. The van der Waals surface area contributed by atoms with Gasteiger partial charge in [-0.1, -0.05) is 42.5 Å². The molecular weight excluding hydrogens is 234 g/mol. The van der Waals surface area contributed by atoms with E-state index in [4.69, 9.17) is 5.11 Å². The van der Waals surface area contributed by atoms with E-state index in [0.717, 1.165) is 12.1 Å². The molecule has 0 unspecified atom stereocenters. The van der Waals surface area contributed by atoms with Crippen LogP contribution in [0.4, 0.5) is 0 Å². The van der Waals surface area contributed by atoms with Gasteiger partial charge >= 0.3 is 0 Å². The summed E-state index contributed by atoms with van der Waals surface area (Å²) in [7, 11) is 0. The molecule has 1 N–H and O–H groups in total. The Labute approximate surface area is 112 Å². The maximum atomic E-state index is 9.07. The standard InChI is InChI=1S/C17H17NO/c1-13-10-16-4-2-3-5-17(16)18(13)11-14-6-8-15(12-19)9-7-14/h2-10,19H,11-12H2,1H3. The molecule has 0 spiro atoms. The van der Waals surface area contributed by atoms with Crippen LogP contribution in [0.5, 0.6) is 0 Å². The Hall–Kier alpha value is -2.06. The van der Waals surface area contributed by atoms with Crippen LogP contribution in [0.25, 0.3) is 10.9 Å². The smallest absolute Gasteiger partial charge is 0.0681 e. The van der Waals surface area contributed by atoms with Gasteiger partial charge in [0.2, 0.25) is 0 Å². The van der Waals surface area contributed by atoms with Gasteiger partial charge in [0.25, 0.3) is 0 Å². The number of aromatic nitrogens is 1. The van der Waals surface area contributed by atoms with Crippen molar-refractivity contribution in [2.24, 2.45) is 0 Å². The predicted octanol–water partition coefficient (Wildman–Crippen LogP) is 3.49. The Morgan fingerprint density at radius 3 is 2.37 bits per heavy atom. The molecule has 3 aromatic rings. The Kier molecular flexibility index (Phi) is 3.10. The normalized spacial score (nSPS) is 11.1. The molecule has 0 bridgehead atoms. The minimum Gasteiger partial charge on any atom is -0.392 e. The van der Waals surface area contributed by atoms with Gasteiger partial charge in [0.05, 0.1) is 6.61 Å². The Morgan fingerprint density at radius 2 is 1.63 bits per heavy atom. The average molecular weight is 251 g/mol. The highest BCUT2D eigenvalue weighted by Gasteiger charge is 2.05. The summed E-state index contributed by atoms with van der Waals surface area (Å²) in [5.74, 6) is 0. The van der Waals surface area contributed by atoms with Gasteiger partial charge in [0.1, 0.15) is 0 Å². The second kappa shape index (κ2) is 4.90. The lowest BCUT2D eigenvalue weighted by molar-refractivity contribution is 0.282. The van der Waals surface area contributed by atoms with Gasteiger partial charge in [0, 0.05) is 17.8 Å². The Morgan fingerprint density at radius 1 is 0.947 bits per heavy atom. The molecule has 0 saturated carbocycles. The molecule has 1 aromatic heterocycles. The number of benzene rings is 2. The van der Waals surface area contributed by atoms with Crippen LogP contribution in [-0.2, 0) is 13.2 Å².